The van der Waals surface area contributed by atoms with Gasteiger partial charge in [-0.15, -0.1) is 0 Å². The summed E-state index contributed by atoms with van der Waals surface area (Å²) in [5, 5.41) is 16.7. The van der Waals surface area contributed by atoms with E-state index in [9.17, 15) is 10.1 Å². The molecule has 6 nitrogen and oxygen atoms in total. The summed E-state index contributed by atoms with van der Waals surface area (Å²) in [5.74, 6) is 0.819. The van der Waals surface area contributed by atoms with Gasteiger partial charge >= 0.3 is 6.03 Å². The highest BCUT2D eigenvalue weighted by molar-refractivity contribution is 5.96. The summed E-state index contributed by atoms with van der Waals surface area (Å²) in [4.78, 5) is 12.0. The van der Waals surface area contributed by atoms with Gasteiger partial charge in [-0.2, -0.15) is 5.26 Å². The fourth-order valence-corrected chi connectivity index (χ4v) is 4.11. The van der Waals surface area contributed by atoms with E-state index in [1.54, 1.807) is 0 Å². The third kappa shape index (κ3) is 4.09. The van der Waals surface area contributed by atoms with Gasteiger partial charge in [0.25, 0.3) is 0 Å². The highest BCUT2D eigenvalue weighted by Gasteiger charge is 2.28. The molecular weight excluding hydrogens is 388 g/mol. The van der Waals surface area contributed by atoms with Crippen LogP contribution in [0.4, 0.5) is 10.5 Å². The molecule has 0 atom stereocenters. The fourth-order valence-electron chi connectivity index (χ4n) is 4.11. The lowest BCUT2D eigenvalue weighted by molar-refractivity contribution is 0.250. The number of hydrogen-bond donors (Lipinski definition) is 2. The molecular formula is C25H30N4O2. The molecule has 4 rings (SSSR count). The smallest absolute Gasteiger partial charge is 0.319 e. The van der Waals surface area contributed by atoms with Crippen LogP contribution in [0.25, 0.3) is 22.2 Å². The van der Waals surface area contributed by atoms with E-state index < -0.39 is 0 Å². The Labute approximate surface area is 184 Å². The molecule has 0 radical (unpaired) electrons. The van der Waals surface area contributed by atoms with Gasteiger partial charge in [0.2, 0.25) is 0 Å². The summed E-state index contributed by atoms with van der Waals surface area (Å²) in [7, 11) is 0. The zero-order valence-electron chi connectivity index (χ0n) is 18.2. The number of carbonyl (C=O) groups excluding carboxylic acids is 1. The van der Waals surface area contributed by atoms with E-state index in [0.29, 0.717) is 23.9 Å². The molecule has 1 heterocycles. The summed E-state index contributed by atoms with van der Waals surface area (Å²) < 4.78 is 8.04. The molecule has 0 aliphatic heterocycles. The molecule has 0 bridgehead atoms. The van der Waals surface area contributed by atoms with Gasteiger partial charge in [0.15, 0.2) is 0 Å². The molecule has 0 spiro atoms. The van der Waals surface area contributed by atoms with Crippen molar-refractivity contribution in [1.29, 1.82) is 5.26 Å². The van der Waals surface area contributed by atoms with Gasteiger partial charge in [-0.1, -0.05) is 12.1 Å². The van der Waals surface area contributed by atoms with Crippen molar-refractivity contribution in [2.45, 2.75) is 52.1 Å². The first kappa shape index (κ1) is 20.8. The van der Waals surface area contributed by atoms with Gasteiger partial charge in [0.1, 0.15) is 11.8 Å². The Bertz CT molecular complexity index is 1140. The minimum Gasteiger partial charge on any atom is -0.494 e. The van der Waals surface area contributed by atoms with Gasteiger partial charge in [-0.05, 0) is 69.9 Å². The molecule has 2 amide bonds. The van der Waals surface area contributed by atoms with Gasteiger partial charge in [0, 0.05) is 30.7 Å². The maximum absolute atomic E-state index is 12.0. The highest BCUT2D eigenvalue weighted by atomic mass is 16.5. The molecule has 1 saturated carbocycles. The van der Waals surface area contributed by atoms with E-state index >= 15 is 0 Å². The lowest BCUT2D eigenvalue weighted by atomic mass is 9.92. The summed E-state index contributed by atoms with van der Waals surface area (Å²) >= 11 is 0. The summed E-state index contributed by atoms with van der Waals surface area (Å²) in [6.45, 7) is 6.41. The Morgan fingerprint density at radius 1 is 1.26 bits per heavy atom. The summed E-state index contributed by atoms with van der Waals surface area (Å²) in [5.41, 5.74) is 4.34. The molecule has 3 aromatic rings. The van der Waals surface area contributed by atoms with Crippen LogP contribution in [-0.4, -0.2) is 23.2 Å². The normalized spacial score (nSPS) is 13.6. The number of aromatic nitrogens is 1. The number of benzene rings is 2. The summed E-state index contributed by atoms with van der Waals surface area (Å²) in [6.07, 6.45) is 3.41. The van der Waals surface area contributed by atoms with Crippen molar-refractivity contribution in [3.05, 3.63) is 48.0 Å². The third-order valence-electron chi connectivity index (χ3n) is 5.67. The second-order valence-electron chi connectivity index (χ2n) is 8.23. The number of fused-ring (bicyclic) bond motifs is 1. The van der Waals surface area contributed by atoms with Crippen LogP contribution in [-0.2, 0) is 0 Å². The molecule has 0 unspecified atom stereocenters. The molecule has 6 heteroatoms. The number of nitriles is 1. The average molecular weight is 419 g/mol. The van der Waals surface area contributed by atoms with Crippen LogP contribution in [0.2, 0.25) is 0 Å². The van der Waals surface area contributed by atoms with Crippen molar-refractivity contribution in [2.75, 3.05) is 11.9 Å². The maximum atomic E-state index is 12.0. The molecule has 1 fully saturated rings. The van der Waals surface area contributed by atoms with Crippen molar-refractivity contribution >= 4 is 22.6 Å². The van der Waals surface area contributed by atoms with E-state index in [1.165, 1.54) is 6.42 Å². The fraction of sp³-hybridized carbons (Fsp3) is 0.360. The van der Waals surface area contributed by atoms with Gasteiger partial charge in [-0.3, -0.25) is 0 Å². The third-order valence-corrected chi connectivity index (χ3v) is 5.67. The van der Waals surface area contributed by atoms with Crippen LogP contribution in [0, 0.1) is 11.3 Å². The second-order valence-corrected chi connectivity index (χ2v) is 8.23. The monoisotopic (exact) mass is 418 g/mol. The molecule has 2 N–H and O–H groups in total. The van der Waals surface area contributed by atoms with Crippen LogP contribution in [0.1, 0.15) is 53.1 Å². The number of amides is 2. The van der Waals surface area contributed by atoms with E-state index in [1.807, 2.05) is 63.2 Å². The van der Waals surface area contributed by atoms with Crippen LogP contribution in [0.15, 0.2) is 42.5 Å². The first-order valence-corrected chi connectivity index (χ1v) is 10.9. The van der Waals surface area contributed by atoms with Crippen molar-refractivity contribution in [1.82, 2.24) is 9.88 Å². The standard InChI is InChI=1S/C25H28N4O2.H2/c1-4-31-20-12-13-21-22(15-26)24(29(23(21)14-20)19-6-5-7-19)17-8-10-18(11-9-17)28-25(30)27-16(2)3;/h8-14,16,19H,4-7H2,1-3H3,(H2,27,28,30);1H. The van der Waals surface area contributed by atoms with Crippen molar-refractivity contribution in [3.63, 3.8) is 0 Å². The molecule has 1 aliphatic carbocycles. The Balaban J connectivity index is 0.00000289. The predicted molar refractivity (Wildman–Crippen MR) is 126 cm³/mol. The summed E-state index contributed by atoms with van der Waals surface area (Å²) in [6, 6.07) is 16.3. The van der Waals surface area contributed by atoms with Crippen LogP contribution in [0.3, 0.4) is 0 Å². The lowest BCUT2D eigenvalue weighted by Gasteiger charge is -2.30. The van der Waals surface area contributed by atoms with Crippen LogP contribution in [0.5, 0.6) is 5.75 Å². The lowest BCUT2D eigenvalue weighted by Crippen LogP contribution is -2.34. The molecule has 0 saturated heterocycles. The zero-order chi connectivity index (χ0) is 22.0. The minimum absolute atomic E-state index is 0. The molecule has 1 aliphatic rings. The molecule has 162 valence electrons. The first-order chi connectivity index (χ1) is 15.0. The topological polar surface area (TPSA) is 79.1 Å². The Hall–Kier alpha value is -3.46. The van der Waals surface area contributed by atoms with Crippen molar-refractivity contribution < 1.29 is 11.0 Å². The number of hydrogen-bond acceptors (Lipinski definition) is 3. The number of anilines is 1. The number of urea groups is 1. The molecule has 2 aromatic carbocycles. The number of ether oxygens (including phenoxy) is 1. The maximum Gasteiger partial charge on any atom is 0.319 e. The van der Waals surface area contributed by atoms with Crippen molar-refractivity contribution in [3.8, 4) is 23.1 Å². The zero-order valence-corrected chi connectivity index (χ0v) is 18.2. The Morgan fingerprint density at radius 2 is 2.00 bits per heavy atom. The predicted octanol–water partition coefficient (Wildman–Crippen LogP) is 6.08. The first-order valence-electron chi connectivity index (χ1n) is 10.9. The number of nitrogens with zero attached hydrogens (tertiary/aromatic N) is 2. The van der Waals surface area contributed by atoms with Crippen molar-refractivity contribution in [2.24, 2.45) is 0 Å². The molecule has 1 aromatic heterocycles. The van der Waals surface area contributed by atoms with E-state index in [0.717, 1.165) is 40.8 Å². The number of rotatable bonds is 6. The van der Waals surface area contributed by atoms with E-state index in [4.69, 9.17) is 4.74 Å². The molecule has 31 heavy (non-hydrogen) atoms. The Kier molecular flexibility index (Phi) is 5.85. The van der Waals surface area contributed by atoms with Crippen LogP contribution < -0.4 is 15.4 Å². The second kappa shape index (κ2) is 8.73. The number of carbonyl (C=O) groups is 1. The SMILES string of the molecule is CCOc1ccc2c(C#N)c(-c3ccc(NC(=O)NC(C)C)cc3)n(C3CCC3)c2c1.[HH]. The van der Waals surface area contributed by atoms with Gasteiger partial charge in [-0.25, -0.2) is 4.79 Å². The Morgan fingerprint density at radius 3 is 2.58 bits per heavy atom. The minimum atomic E-state index is -0.229. The van der Waals surface area contributed by atoms with Gasteiger partial charge in [0.05, 0.1) is 23.4 Å². The number of nitrogens with one attached hydrogen (secondary N) is 2. The van der Waals surface area contributed by atoms with Crippen LogP contribution >= 0.6 is 0 Å². The van der Waals surface area contributed by atoms with Gasteiger partial charge < -0.3 is 19.9 Å². The largest absolute Gasteiger partial charge is 0.494 e. The highest BCUT2D eigenvalue weighted by Crippen LogP contribution is 2.43. The quantitative estimate of drug-likeness (QED) is 0.509. The average Bonchev–Trinajstić information content (AvgIpc) is 3.00. The van der Waals surface area contributed by atoms with E-state index in [2.05, 4.69) is 21.3 Å². The van der Waals surface area contributed by atoms with E-state index in [-0.39, 0.29) is 13.5 Å².